The number of rotatable bonds is 9. The van der Waals surface area contributed by atoms with E-state index in [2.05, 4.69) is 33.1 Å². The summed E-state index contributed by atoms with van der Waals surface area (Å²) in [5.41, 5.74) is 0. The van der Waals surface area contributed by atoms with Gasteiger partial charge in [0.05, 0.1) is 6.54 Å². The molecule has 1 saturated carbocycles. The molecule has 0 bridgehead atoms. The molecule has 1 fully saturated rings. The minimum absolute atomic E-state index is 0.193. The SMILES string of the molecule is CCNC(=NCC(O)c1cc2ccccc2s1)NCCCNC(=O)C1CCC1. The first-order valence-electron chi connectivity index (χ1n) is 10.1. The van der Waals surface area contributed by atoms with Gasteiger partial charge in [0, 0.05) is 35.1 Å². The van der Waals surface area contributed by atoms with E-state index in [1.54, 1.807) is 11.3 Å². The highest BCUT2D eigenvalue weighted by Gasteiger charge is 2.24. The summed E-state index contributed by atoms with van der Waals surface area (Å²) in [4.78, 5) is 17.2. The predicted octanol–water partition coefficient (Wildman–Crippen LogP) is 2.80. The lowest BCUT2D eigenvalue weighted by molar-refractivity contribution is -0.127. The number of hydrogen-bond donors (Lipinski definition) is 4. The number of thiophene rings is 1. The van der Waals surface area contributed by atoms with Crippen molar-refractivity contribution in [1.82, 2.24) is 16.0 Å². The minimum atomic E-state index is -0.616. The molecule has 1 aliphatic carbocycles. The van der Waals surface area contributed by atoms with Gasteiger partial charge in [0.25, 0.3) is 0 Å². The van der Waals surface area contributed by atoms with Crippen LogP contribution in [0.5, 0.6) is 0 Å². The fourth-order valence-electron chi connectivity index (χ4n) is 3.10. The number of nitrogens with one attached hydrogen (secondary N) is 3. The van der Waals surface area contributed by atoms with Crippen molar-refractivity contribution in [3.05, 3.63) is 35.2 Å². The molecule has 0 radical (unpaired) electrons. The molecule has 3 rings (SSSR count). The van der Waals surface area contributed by atoms with Crippen molar-refractivity contribution in [2.45, 2.75) is 38.7 Å². The zero-order valence-electron chi connectivity index (χ0n) is 16.4. The Labute approximate surface area is 170 Å². The lowest BCUT2D eigenvalue weighted by Crippen LogP contribution is -2.40. The van der Waals surface area contributed by atoms with E-state index in [9.17, 15) is 9.90 Å². The van der Waals surface area contributed by atoms with Gasteiger partial charge < -0.3 is 21.1 Å². The number of benzene rings is 1. The Morgan fingerprint density at radius 1 is 1.25 bits per heavy atom. The van der Waals surface area contributed by atoms with Gasteiger partial charge in [-0.25, -0.2) is 0 Å². The minimum Gasteiger partial charge on any atom is -0.386 e. The van der Waals surface area contributed by atoms with E-state index in [0.29, 0.717) is 19.0 Å². The molecule has 152 valence electrons. The third-order valence-electron chi connectivity index (χ3n) is 4.96. The fourth-order valence-corrected chi connectivity index (χ4v) is 4.14. The van der Waals surface area contributed by atoms with Crippen LogP contribution in [0.4, 0.5) is 0 Å². The number of guanidine groups is 1. The Morgan fingerprint density at radius 2 is 2.04 bits per heavy atom. The molecule has 6 nitrogen and oxygen atoms in total. The second-order valence-electron chi connectivity index (χ2n) is 7.12. The van der Waals surface area contributed by atoms with Crippen molar-refractivity contribution < 1.29 is 9.90 Å². The van der Waals surface area contributed by atoms with Gasteiger partial charge in [-0.2, -0.15) is 0 Å². The van der Waals surface area contributed by atoms with Crippen molar-refractivity contribution in [3.63, 3.8) is 0 Å². The zero-order valence-corrected chi connectivity index (χ0v) is 17.2. The Bertz CT molecular complexity index is 768. The number of nitrogens with zero attached hydrogens (tertiary/aromatic N) is 1. The lowest BCUT2D eigenvalue weighted by Gasteiger charge is -2.24. The number of aliphatic hydroxyl groups is 1. The summed E-state index contributed by atoms with van der Waals surface area (Å²) < 4.78 is 1.18. The molecule has 1 heterocycles. The van der Waals surface area contributed by atoms with E-state index in [0.717, 1.165) is 42.6 Å². The number of amides is 1. The highest BCUT2D eigenvalue weighted by molar-refractivity contribution is 7.19. The van der Waals surface area contributed by atoms with Crippen molar-refractivity contribution in [1.29, 1.82) is 0 Å². The van der Waals surface area contributed by atoms with E-state index in [1.165, 1.54) is 11.1 Å². The van der Waals surface area contributed by atoms with E-state index in [1.807, 2.05) is 25.1 Å². The molecule has 28 heavy (non-hydrogen) atoms. The van der Waals surface area contributed by atoms with Crippen LogP contribution in [0.2, 0.25) is 0 Å². The first kappa shape index (κ1) is 20.6. The summed E-state index contributed by atoms with van der Waals surface area (Å²) in [6.45, 7) is 4.46. The van der Waals surface area contributed by atoms with Crippen LogP contribution in [0.3, 0.4) is 0 Å². The van der Waals surface area contributed by atoms with Gasteiger partial charge in [-0.05, 0) is 43.7 Å². The van der Waals surface area contributed by atoms with Gasteiger partial charge in [0.15, 0.2) is 5.96 Å². The highest BCUT2D eigenvalue weighted by Crippen LogP contribution is 2.29. The first-order chi connectivity index (χ1) is 13.7. The molecule has 1 aromatic carbocycles. The smallest absolute Gasteiger partial charge is 0.223 e. The standard InChI is InChI=1S/C21H30N4O2S/c1-2-22-21(24-12-6-11-23-20(27)15-8-5-9-15)25-14-17(26)19-13-16-7-3-4-10-18(16)28-19/h3-4,7,10,13,15,17,26H,2,5-6,8-9,11-12,14H2,1H3,(H,23,27)(H2,22,24,25). The predicted molar refractivity (Wildman–Crippen MR) is 116 cm³/mol. The van der Waals surface area contributed by atoms with Gasteiger partial charge in [-0.1, -0.05) is 24.6 Å². The number of carbonyl (C=O) groups is 1. The maximum absolute atomic E-state index is 11.8. The van der Waals surface area contributed by atoms with E-state index in [-0.39, 0.29) is 11.8 Å². The summed E-state index contributed by atoms with van der Waals surface area (Å²) in [5.74, 6) is 1.12. The Hall–Kier alpha value is -2.12. The van der Waals surface area contributed by atoms with Crippen LogP contribution in [-0.2, 0) is 4.79 Å². The molecule has 7 heteroatoms. The molecular weight excluding hydrogens is 372 g/mol. The topological polar surface area (TPSA) is 85.8 Å². The molecule has 0 aliphatic heterocycles. The molecule has 1 atom stereocenters. The molecule has 1 unspecified atom stereocenters. The largest absolute Gasteiger partial charge is 0.386 e. The van der Waals surface area contributed by atoms with Crippen molar-refractivity contribution in [3.8, 4) is 0 Å². The molecule has 0 spiro atoms. The number of aliphatic imine (C=N–C) groups is 1. The molecule has 1 aromatic heterocycles. The third-order valence-corrected chi connectivity index (χ3v) is 6.18. The summed E-state index contributed by atoms with van der Waals surface area (Å²) >= 11 is 1.61. The van der Waals surface area contributed by atoms with Crippen LogP contribution < -0.4 is 16.0 Å². The lowest BCUT2D eigenvalue weighted by atomic mass is 9.85. The van der Waals surface area contributed by atoms with Crippen LogP contribution in [-0.4, -0.2) is 43.2 Å². The molecular formula is C21H30N4O2S. The van der Waals surface area contributed by atoms with E-state index in [4.69, 9.17) is 0 Å². The normalized spacial score (nSPS) is 15.9. The van der Waals surface area contributed by atoms with Gasteiger partial charge >= 0.3 is 0 Å². The Kier molecular flexibility index (Phi) is 7.68. The molecule has 2 aromatic rings. The van der Waals surface area contributed by atoms with Gasteiger partial charge in [0.1, 0.15) is 6.10 Å². The van der Waals surface area contributed by atoms with Crippen LogP contribution in [0.25, 0.3) is 10.1 Å². The van der Waals surface area contributed by atoms with Crippen LogP contribution in [0.1, 0.15) is 43.6 Å². The maximum atomic E-state index is 11.8. The van der Waals surface area contributed by atoms with Crippen LogP contribution in [0, 0.1) is 5.92 Å². The summed E-state index contributed by atoms with van der Waals surface area (Å²) in [6, 6.07) is 10.2. The number of aliphatic hydroxyl groups excluding tert-OH is 1. The van der Waals surface area contributed by atoms with Gasteiger partial charge in [-0.15, -0.1) is 11.3 Å². The summed E-state index contributed by atoms with van der Waals surface area (Å²) in [7, 11) is 0. The molecule has 1 amide bonds. The van der Waals surface area contributed by atoms with Gasteiger partial charge in [0.2, 0.25) is 5.91 Å². The second-order valence-corrected chi connectivity index (χ2v) is 8.24. The van der Waals surface area contributed by atoms with Crippen molar-refractivity contribution in [2.75, 3.05) is 26.2 Å². The summed E-state index contributed by atoms with van der Waals surface area (Å²) in [5, 5.41) is 21.1. The van der Waals surface area contributed by atoms with Crippen molar-refractivity contribution >= 4 is 33.3 Å². The quantitative estimate of drug-likeness (QED) is 0.295. The first-order valence-corrected chi connectivity index (χ1v) is 11.0. The molecule has 1 aliphatic rings. The second kappa shape index (κ2) is 10.4. The van der Waals surface area contributed by atoms with Crippen LogP contribution in [0.15, 0.2) is 35.3 Å². The Balaban J connectivity index is 1.43. The zero-order chi connectivity index (χ0) is 19.8. The van der Waals surface area contributed by atoms with E-state index >= 15 is 0 Å². The van der Waals surface area contributed by atoms with Gasteiger partial charge in [-0.3, -0.25) is 9.79 Å². The molecule has 0 saturated heterocycles. The number of hydrogen-bond acceptors (Lipinski definition) is 4. The van der Waals surface area contributed by atoms with Crippen molar-refractivity contribution in [2.24, 2.45) is 10.9 Å². The average molecular weight is 403 g/mol. The average Bonchev–Trinajstić information content (AvgIpc) is 3.08. The fraction of sp³-hybridized carbons (Fsp3) is 0.524. The van der Waals surface area contributed by atoms with E-state index < -0.39 is 6.10 Å². The van der Waals surface area contributed by atoms with Crippen LogP contribution >= 0.6 is 11.3 Å². The third kappa shape index (κ3) is 5.69. The monoisotopic (exact) mass is 402 g/mol. The Morgan fingerprint density at radius 3 is 2.75 bits per heavy atom. The molecule has 4 N–H and O–H groups in total. The number of fused-ring (bicyclic) bond motifs is 1. The maximum Gasteiger partial charge on any atom is 0.223 e. The highest BCUT2D eigenvalue weighted by atomic mass is 32.1. The summed E-state index contributed by atoms with van der Waals surface area (Å²) in [6.07, 6.45) is 3.46. The number of carbonyl (C=O) groups excluding carboxylic acids is 1.